The van der Waals surface area contributed by atoms with Gasteiger partial charge in [-0.1, -0.05) is 65.8 Å². The standard InChI is InChI=1S/C40H50O8S2/c1-39(2,3)29-47-35-15-9-11-17-37(35)49(41,42)33-23-19-31(20-24-33)45-27-13-7-8-14-28-46-32-21-25-34(26-22-32)50(43,44)38-18-12-10-16-36(38)48-30-40(4,5)6/h9-12,15-26H,7-8,13-14,27-30H2,1-6H3. The van der Waals surface area contributed by atoms with E-state index in [0.29, 0.717) is 49.4 Å². The number of unbranched alkanes of at least 4 members (excludes halogenated alkanes) is 3. The first-order chi connectivity index (χ1) is 23.6. The van der Waals surface area contributed by atoms with Crippen molar-refractivity contribution >= 4 is 19.7 Å². The van der Waals surface area contributed by atoms with Gasteiger partial charge < -0.3 is 18.9 Å². The lowest BCUT2D eigenvalue weighted by atomic mass is 9.99. The minimum Gasteiger partial charge on any atom is -0.494 e. The van der Waals surface area contributed by atoms with E-state index in [0.717, 1.165) is 25.7 Å². The summed E-state index contributed by atoms with van der Waals surface area (Å²) in [6.07, 6.45) is 3.56. The molecule has 0 saturated heterocycles. The van der Waals surface area contributed by atoms with Crippen LogP contribution in [0.3, 0.4) is 0 Å². The smallest absolute Gasteiger partial charge is 0.210 e. The summed E-state index contributed by atoms with van der Waals surface area (Å²) in [6.45, 7) is 14.0. The van der Waals surface area contributed by atoms with Crippen molar-refractivity contribution in [3.05, 3.63) is 97.1 Å². The molecule has 0 unspecified atom stereocenters. The van der Waals surface area contributed by atoms with Crippen LogP contribution in [0.2, 0.25) is 0 Å². The van der Waals surface area contributed by atoms with E-state index in [1.54, 1.807) is 97.1 Å². The topological polar surface area (TPSA) is 105 Å². The Morgan fingerprint density at radius 1 is 0.440 bits per heavy atom. The third-order valence-corrected chi connectivity index (χ3v) is 11.1. The molecule has 0 aliphatic rings. The van der Waals surface area contributed by atoms with Gasteiger partial charge in [0.2, 0.25) is 19.7 Å². The molecule has 0 spiro atoms. The Balaban J connectivity index is 1.18. The summed E-state index contributed by atoms with van der Waals surface area (Å²) >= 11 is 0. The molecule has 0 heterocycles. The maximum Gasteiger partial charge on any atom is 0.210 e. The number of hydrogen-bond acceptors (Lipinski definition) is 8. The van der Waals surface area contributed by atoms with Gasteiger partial charge in [-0.15, -0.1) is 0 Å². The Morgan fingerprint density at radius 3 is 1.12 bits per heavy atom. The molecule has 4 rings (SSSR count). The van der Waals surface area contributed by atoms with E-state index in [4.69, 9.17) is 18.9 Å². The third kappa shape index (κ3) is 11.3. The number of rotatable bonds is 17. The molecule has 0 bridgehead atoms. The van der Waals surface area contributed by atoms with E-state index in [9.17, 15) is 16.8 Å². The van der Waals surface area contributed by atoms with E-state index in [-0.39, 0.29) is 30.4 Å². The zero-order chi connectivity index (χ0) is 36.4. The minimum absolute atomic E-state index is 0.108. The molecule has 0 fully saturated rings. The summed E-state index contributed by atoms with van der Waals surface area (Å²) < 4.78 is 76.9. The van der Waals surface area contributed by atoms with Crippen molar-refractivity contribution in [2.75, 3.05) is 26.4 Å². The van der Waals surface area contributed by atoms with E-state index in [1.807, 2.05) is 41.5 Å². The van der Waals surface area contributed by atoms with Crippen molar-refractivity contribution in [3.8, 4) is 23.0 Å². The highest BCUT2D eigenvalue weighted by Gasteiger charge is 2.25. The summed E-state index contributed by atoms with van der Waals surface area (Å²) in [5.41, 5.74) is -0.217. The summed E-state index contributed by atoms with van der Waals surface area (Å²) in [7, 11) is -7.53. The number of para-hydroxylation sites is 2. The largest absolute Gasteiger partial charge is 0.494 e. The second-order valence-corrected chi connectivity index (χ2v) is 18.5. The number of sulfone groups is 2. The normalized spacial score (nSPS) is 12.4. The molecule has 0 N–H and O–H groups in total. The zero-order valence-electron chi connectivity index (χ0n) is 30.0. The molecule has 10 heteroatoms. The van der Waals surface area contributed by atoms with Crippen molar-refractivity contribution in [3.63, 3.8) is 0 Å². The van der Waals surface area contributed by atoms with Crippen molar-refractivity contribution in [2.24, 2.45) is 10.8 Å². The second kappa shape index (κ2) is 16.8. The van der Waals surface area contributed by atoms with Crippen LogP contribution in [-0.2, 0) is 19.7 Å². The highest BCUT2D eigenvalue weighted by molar-refractivity contribution is 7.92. The maximum atomic E-state index is 13.4. The Kier molecular flexibility index (Phi) is 13.0. The fraction of sp³-hybridized carbons (Fsp3) is 0.400. The molecular weight excluding hydrogens is 673 g/mol. The molecule has 0 aliphatic heterocycles. The van der Waals surface area contributed by atoms with Crippen molar-refractivity contribution in [2.45, 2.75) is 86.8 Å². The van der Waals surface area contributed by atoms with E-state index >= 15 is 0 Å². The third-order valence-electron chi connectivity index (χ3n) is 7.44. The molecule has 4 aromatic rings. The van der Waals surface area contributed by atoms with Crippen LogP contribution < -0.4 is 18.9 Å². The summed E-state index contributed by atoms with van der Waals surface area (Å²) in [5, 5.41) is 0. The SMILES string of the molecule is CC(C)(C)COc1ccccc1S(=O)(=O)c1ccc(OCCCCCCOc2ccc(S(=O)(=O)c3ccccc3OCC(C)(C)C)cc2)cc1. The molecule has 0 atom stereocenters. The Labute approximate surface area is 298 Å². The molecule has 0 saturated carbocycles. The zero-order valence-corrected chi connectivity index (χ0v) is 31.6. The molecule has 0 aliphatic carbocycles. The number of benzene rings is 4. The fourth-order valence-corrected chi connectivity index (χ4v) is 7.59. The average Bonchev–Trinajstić information content (AvgIpc) is 3.07. The maximum absolute atomic E-state index is 13.4. The van der Waals surface area contributed by atoms with Crippen molar-refractivity contribution < 1.29 is 35.8 Å². The van der Waals surface area contributed by atoms with Gasteiger partial charge in [-0.05, 0) is 109 Å². The van der Waals surface area contributed by atoms with Gasteiger partial charge in [0, 0.05) is 0 Å². The van der Waals surface area contributed by atoms with Crippen molar-refractivity contribution in [1.82, 2.24) is 0 Å². The Bertz CT molecular complexity index is 1750. The average molecular weight is 723 g/mol. The van der Waals surface area contributed by atoms with Crippen LogP contribution in [0.4, 0.5) is 0 Å². The Hall–Kier alpha value is -4.02. The second-order valence-electron chi connectivity index (χ2n) is 14.7. The van der Waals surface area contributed by atoms with Crippen LogP contribution >= 0.6 is 0 Å². The molecule has 8 nitrogen and oxygen atoms in total. The van der Waals surface area contributed by atoms with E-state index in [1.165, 1.54) is 0 Å². The monoisotopic (exact) mass is 722 g/mol. The highest BCUT2D eigenvalue weighted by atomic mass is 32.2. The van der Waals surface area contributed by atoms with Gasteiger partial charge in [-0.25, -0.2) is 16.8 Å². The van der Waals surface area contributed by atoms with Crippen molar-refractivity contribution in [1.29, 1.82) is 0 Å². The fourth-order valence-electron chi connectivity index (χ4n) is 4.79. The van der Waals surface area contributed by atoms with Gasteiger partial charge in [0.1, 0.15) is 32.8 Å². The lowest BCUT2D eigenvalue weighted by molar-refractivity contribution is 0.193. The van der Waals surface area contributed by atoms with Gasteiger partial charge in [-0.2, -0.15) is 0 Å². The molecular formula is C40H50O8S2. The lowest BCUT2D eigenvalue weighted by Crippen LogP contribution is -2.18. The van der Waals surface area contributed by atoms with Gasteiger partial charge in [0.15, 0.2) is 0 Å². The predicted molar refractivity (Wildman–Crippen MR) is 196 cm³/mol. The molecule has 0 amide bonds. The lowest BCUT2D eigenvalue weighted by Gasteiger charge is -2.20. The van der Waals surface area contributed by atoms with Crippen LogP contribution in [0.1, 0.15) is 67.2 Å². The molecule has 4 aromatic carbocycles. The van der Waals surface area contributed by atoms with Crippen LogP contribution in [0.25, 0.3) is 0 Å². The van der Waals surface area contributed by atoms with Crippen LogP contribution in [0.5, 0.6) is 23.0 Å². The predicted octanol–water partition coefficient (Wildman–Crippen LogP) is 9.22. The quantitative estimate of drug-likeness (QED) is 0.0994. The number of ether oxygens (including phenoxy) is 4. The van der Waals surface area contributed by atoms with E-state index < -0.39 is 19.7 Å². The first kappa shape index (κ1) is 38.8. The number of hydrogen-bond donors (Lipinski definition) is 0. The van der Waals surface area contributed by atoms with Crippen LogP contribution in [0, 0.1) is 10.8 Å². The van der Waals surface area contributed by atoms with Gasteiger partial charge in [-0.3, -0.25) is 0 Å². The Morgan fingerprint density at radius 2 is 0.780 bits per heavy atom. The summed E-state index contributed by atoms with van der Waals surface area (Å²) in [5.74, 6) is 1.90. The van der Waals surface area contributed by atoms with Gasteiger partial charge in [0.25, 0.3) is 0 Å². The van der Waals surface area contributed by atoms with Gasteiger partial charge >= 0.3 is 0 Å². The highest BCUT2D eigenvalue weighted by Crippen LogP contribution is 2.33. The summed E-state index contributed by atoms with van der Waals surface area (Å²) in [6, 6.07) is 26.4. The van der Waals surface area contributed by atoms with Crippen LogP contribution in [0.15, 0.2) is 117 Å². The van der Waals surface area contributed by atoms with Gasteiger partial charge in [0.05, 0.1) is 36.2 Å². The molecule has 0 aromatic heterocycles. The molecule has 50 heavy (non-hydrogen) atoms. The summed E-state index contributed by atoms with van der Waals surface area (Å²) in [4.78, 5) is 0.649. The minimum atomic E-state index is -3.76. The van der Waals surface area contributed by atoms with E-state index in [2.05, 4.69) is 0 Å². The molecule has 0 radical (unpaired) electrons. The molecule has 270 valence electrons. The van der Waals surface area contributed by atoms with Crippen LogP contribution in [-0.4, -0.2) is 43.3 Å². The first-order valence-electron chi connectivity index (χ1n) is 17.0. The first-order valence-corrected chi connectivity index (χ1v) is 19.9.